The van der Waals surface area contributed by atoms with Gasteiger partial charge in [-0.3, -0.25) is 4.90 Å². The second kappa shape index (κ2) is 8.55. The van der Waals surface area contributed by atoms with E-state index in [2.05, 4.69) is 17.1 Å². The van der Waals surface area contributed by atoms with Crippen LogP contribution in [0.5, 0.6) is 0 Å². The molecule has 0 unspecified atom stereocenters. The number of benzene rings is 1. The number of hydrogen-bond donors (Lipinski definition) is 1. The lowest BCUT2D eigenvalue weighted by atomic mass is 9.98. The van der Waals surface area contributed by atoms with Crippen molar-refractivity contribution in [2.75, 3.05) is 26.2 Å². The zero-order valence-electron chi connectivity index (χ0n) is 11.9. The number of nitrogens with one attached hydrogen (secondary N) is 1. The number of halogens is 3. The van der Waals surface area contributed by atoms with Crippen molar-refractivity contribution in [3.63, 3.8) is 0 Å². The van der Waals surface area contributed by atoms with Crippen LogP contribution in [-0.4, -0.2) is 31.1 Å². The molecule has 0 aliphatic carbocycles. The zero-order chi connectivity index (χ0) is 13.7. The Hall–Kier alpha value is -0.710. The van der Waals surface area contributed by atoms with Crippen LogP contribution in [-0.2, 0) is 0 Å². The minimum absolute atomic E-state index is 0. The van der Waals surface area contributed by atoms with E-state index in [1.54, 1.807) is 12.1 Å². The molecule has 5 heteroatoms. The Kier molecular flexibility index (Phi) is 7.41. The third kappa shape index (κ3) is 4.14. The molecule has 114 valence electrons. The van der Waals surface area contributed by atoms with Crippen LogP contribution in [0.15, 0.2) is 18.2 Å². The Balaban J connectivity index is 0.00000200. The molecule has 0 saturated carbocycles. The first kappa shape index (κ1) is 17.3. The molecular weight excluding hydrogens is 282 g/mol. The molecule has 1 aliphatic rings. The first-order chi connectivity index (χ1) is 9.24. The van der Waals surface area contributed by atoms with Gasteiger partial charge in [-0.2, -0.15) is 0 Å². The monoisotopic (exact) mass is 304 g/mol. The average Bonchev–Trinajstić information content (AvgIpc) is 2.45. The molecule has 1 atom stereocenters. The normalized spacial score (nSPS) is 17.6. The van der Waals surface area contributed by atoms with Crippen LogP contribution < -0.4 is 5.32 Å². The van der Waals surface area contributed by atoms with Crippen LogP contribution in [0.4, 0.5) is 8.78 Å². The van der Waals surface area contributed by atoms with E-state index >= 15 is 0 Å². The summed E-state index contributed by atoms with van der Waals surface area (Å²) in [6.07, 6.45) is 2.99. The van der Waals surface area contributed by atoms with Gasteiger partial charge in [-0.05, 0) is 12.5 Å². The topological polar surface area (TPSA) is 15.3 Å². The van der Waals surface area contributed by atoms with Gasteiger partial charge in [0.1, 0.15) is 0 Å². The summed E-state index contributed by atoms with van der Waals surface area (Å²) in [5.41, 5.74) is 0.510. The zero-order valence-corrected chi connectivity index (χ0v) is 12.7. The molecule has 1 N–H and O–H groups in total. The van der Waals surface area contributed by atoms with Crippen molar-refractivity contribution in [1.82, 2.24) is 10.2 Å². The molecule has 0 bridgehead atoms. The average molecular weight is 305 g/mol. The van der Waals surface area contributed by atoms with Gasteiger partial charge in [0.05, 0.1) is 0 Å². The summed E-state index contributed by atoms with van der Waals surface area (Å²) in [4.78, 5) is 2.27. The number of piperazine rings is 1. The molecule has 1 aromatic carbocycles. The van der Waals surface area contributed by atoms with E-state index in [1.165, 1.54) is 6.07 Å². The van der Waals surface area contributed by atoms with E-state index in [0.717, 1.165) is 45.4 Å². The Labute approximate surface area is 126 Å². The predicted octanol–water partition coefficient (Wildman–Crippen LogP) is 3.52. The summed E-state index contributed by atoms with van der Waals surface area (Å²) in [5, 5.41) is 3.29. The summed E-state index contributed by atoms with van der Waals surface area (Å²) < 4.78 is 27.4. The molecule has 1 fully saturated rings. The maximum Gasteiger partial charge on any atom is 0.163 e. The van der Waals surface area contributed by atoms with E-state index in [4.69, 9.17) is 0 Å². The summed E-state index contributed by atoms with van der Waals surface area (Å²) >= 11 is 0. The number of unbranched alkanes of at least 4 members (excludes halogenated alkanes) is 1. The van der Waals surface area contributed by atoms with Crippen molar-refractivity contribution in [1.29, 1.82) is 0 Å². The standard InChI is InChI=1S/C15H22F2N2.ClH/c1-2-3-7-14(19-10-8-18-9-11-19)12-5-4-6-13(16)15(12)17;/h4-6,14,18H,2-3,7-11H2,1H3;1H/t14-;/m1./s1. The maximum atomic E-state index is 14.0. The Morgan fingerprint density at radius 2 is 1.95 bits per heavy atom. The SMILES string of the molecule is CCCC[C@H](c1cccc(F)c1F)N1CCNCC1.Cl. The van der Waals surface area contributed by atoms with E-state index in [0.29, 0.717) is 5.56 Å². The van der Waals surface area contributed by atoms with Gasteiger partial charge in [0.25, 0.3) is 0 Å². The van der Waals surface area contributed by atoms with Crippen molar-refractivity contribution in [2.45, 2.75) is 32.2 Å². The third-order valence-corrected chi connectivity index (χ3v) is 3.76. The highest BCUT2D eigenvalue weighted by Crippen LogP contribution is 2.29. The molecule has 2 rings (SSSR count). The van der Waals surface area contributed by atoms with Crippen molar-refractivity contribution in [3.05, 3.63) is 35.4 Å². The number of rotatable bonds is 5. The van der Waals surface area contributed by atoms with Crippen LogP contribution in [0.2, 0.25) is 0 Å². The number of nitrogens with zero attached hydrogens (tertiary/aromatic N) is 1. The molecule has 1 aromatic rings. The summed E-state index contributed by atoms with van der Waals surface area (Å²) in [7, 11) is 0. The highest BCUT2D eigenvalue weighted by atomic mass is 35.5. The minimum atomic E-state index is -0.742. The van der Waals surface area contributed by atoms with Gasteiger partial charge in [-0.1, -0.05) is 31.9 Å². The van der Waals surface area contributed by atoms with Crippen LogP contribution >= 0.6 is 12.4 Å². The highest BCUT2D eigenvalue weighted by molar-refractivity contribution is 5.85. The molecule has 0 aromatic heterocycles. The van der Waals surface area contributed by atoms with Gasteiger partial charge in [0, 0.05) is 37.8 Å². The fourth-order valence-electron chi connectivity index (χ4n) is 2.70. The lowest BCUT2D eigenvalue weighted by Crippen LogP contribution is -2.45. The Morgan fingerprint density at radius 3 is 2.60 bits per heavy atom. The smallest absolute Gasteiger partial charge is 0.163 e. The van der Waals surface area contributed by atoms with Gasteiger partial charge in [0.2, 0.25) is 0 Å². The Bertz CT molecular complexity index is 409. The molecular formula is C15H23ClF2N2. The van der Waals surface area contributed by atoms with Crippen molar-refractivity contribution < 1.29 is 8.78 Å². The molecule has 2 nitrogen and oxygen atoms in total. The van der Waals surface area contributed by atoms with Gasteiger partial charge in [-0.15, -0.1) is 12.4 Å². The molecule has 0 radical (unpaired) electrons. The van der Waals surface area contributed by atoms with Crippen LogP contribution in [0, 0.1) is 11.6 Å². The van der Waals surface area contributed by atoms with E-state index in [9.17, 15) is 8.78 Å². The van der Waals surface area contributed by atoms with Gasteiger partial charge < -0.3 is 5.32 Å². The molecule has 1 aliphatic heterocycles. The van der Waals surface area contributed by atoms with E-state index in [1.807, 2.05) is 0 Å². The second-order valence-corrected chi connectivity index (χ2v) is 5.09. The van der Waals surface area contributed by atoms with E-state index in [-0.39, 0.29) is 18.4 Å². The minimum Gasteiger partial charge on any atom is -0.314 e. The van der Waals surface area contributed by atoms with Crippen molar-refractivity contribution in [3.8, 4) is 0 Å². The van der Waals surface area contributed by atoms with E-state index < -0.39 is 11.6 Å². The van der Waals surface area contributed by atoms with Gasteiger partial charge in [0.15, 0.2) is 11.6 Å². The summed E-state index contributed by atoms with van der Waals surface area (Å²) in [5.74, 6) is -1.42. The quantitative estimate of drug-likeness (QED) is 0.895. The fraction of sp³-hybridized carbons (Fsp3) is 0.600. The first-order valence-electron chi connectivity index (χ1n) is 7.12. The second-order valence-electron chi connectivity index (χ2n) is 5.09. The van der Waals surface area contributed by atoms with Crippen molar-refractivity contribution >= 4 is 12.4 Å². The van der Waals surface area contributed by atoms with Gasteiger partial charge in [-0.25, -0.2) is 8.78 Å². The van der Waals surface area contributed by atoms with Crippen molar-refractivity contribution in [2.24, 2.45) is 0 Å². The fourth-order valence-corrected chi connectivity index (χ4v) is 2.70. The lowest BCUT2D eigenvalue weighted by Gasteiger charge is -2.35. The van der Waals surface area contributed by atoms with Gasteiger partial charge >= 0.3 is 0 Å². The molecule has 0 spiro atoms. The lowest BCUT2D eigenvalue weighted by molar-refractivity contribution is 0.159. The molecule has 20 heavy (non-hydrogen) atoms. The van der Waals surface area contributed by atoms with Crippen LogP contribution in [0.3, 0.4) is 0 Å². The summed E-state index contributed by atoms with van der Waals surface area (Å²) in [6, 6.07) is 4.51. The molecule has 1 heterocycles. The predicted molar refractivity (Wildman–Crippen MR) is 80.3 cm³/mol. The summed E-state index contributed by atoms with van der Waals surface area (Å²) in [6.45, 7) is 5.74. The molecule has 0 amide bonds. The van der Waals surface area contributed by atoms with Crippen LogP contribution in [0.25, 0.3) is 0 Å². The first-order valence-corrected chi connectivity index (χ1v) is 7.12. The maximum absolute atomic E-state index is 14.0. The number of hydrogen-bond acceptors (Lipinski definition) is 2. The molecule has 1 saturated heterocycles. The Morgan fingerprint density at radius 1 is 1.25 bits per heavy atom. The highest BCUT2D eigenvalue weighted by Gasteiger charge is 2.25. The third-order valence-electron chi connectivity index (χ3n) is 3.76. The largest absolute Gasteiger partial charge is 0.314 e. The van der Waals surface area contributed by atoms with Crippen LogP contribution in [0.1, 0.15) is 37.8 Å².